The molecule has 3 rings (SSSR count). The van der Waals surface area contributed by atoms with Crippen molar-refractivity contribution in [2.24, 2.45) is 0 Å². The molecule has 108 valence electrons. The fraction of sp³-hybridized carbons (Fsp3) is 0.333. The average molecular weight is 276 g/mol. The summed E-state index contributed by atoms with van der Waals surface area (Å²) >= 11 is 0. The van der Waals surface area contributed by atoms with Gasteiger partial charge in [0.05, 0.1) is 12.8 Å². The number of furan rings is 1. The molecule has 1 aromatic heterocycles. The Bertz CT molecular complexity index is 512. The Morgan fingerprint density at radius 1 is 1.00 bits per heavy atom. The van der Waals surface area contributed by atoms with Crippen LogP contribution in [-0.2, 0) is 13.1 Å². The van der Waals surface area contributed by atoms with E-state index < -0.39 is 0 Å². The van der Waals surface area contributed by atoms with Crippen molar-refractivity contribution in [3.63, 3.8) is 0 Å². The van der Waals surface area contributed by atoms with Gasteiger partial charge in [-0.15, -0.1) is 0 Å². The summed E-state index contributed by atoms with van der Waals surface area (Å²) in [5, 5.41) is 6.06. The van der Waals surface area contributed by atoms with E-state index in [1.54, 1.807) is 6.26 Å². The van der Waals surface area contributed by atoms with Crippen LogP contribution in [0, 0.1) is 0 Å². The second-order valence-corrected chi connectivity index (χ2v) is 4.33. The Balaban J connectivity index is 0.000000160. The summed E-state index contributed by atoms with van der Waals surface area (Å²) in [5.74, 6) is 2.67. The lowest BCUT2D eigenvalue weighted by atomic mass is 10.2. The molecule has 1 aromatic carbocycles. The van der Waals surface area contributed by atoms with Crippen LogP contribution >= 0.6 is 0 Å². The minimum Gasteiger partial charge on any atom is -0.468 e. The fourth-order valence-electron chi connectivity index (χ4n) is 1.84. The molecule has 0 saturated carbocycles. The first-order valence-electron chi connectivity index (χ1n) is 6.53. The van der Waals surface area contributed by atoms with Crippen LogP contribution in [0.15, 0.2) is 41.0 Å². The molecule has 2 aromatic rings. The lowest BCUT2D eigenvalue weighted by Crippen LogP contribution is -2.04. The van der Waals surface area contributed by atoms with Crippen LogP contribution < -0.4 is 20.1 Å². The van der Waals surface area contributed by atoms with Gasteiger partial charge in [-0.3, -0.25) is 0 Å². The summed E-state index contributed by atoms with van der Waals surface area (Å²) in [7, 11) is 3.81. The number of nitrogens with one attached hydrogen (secondary N) is 2. The van der Waals surface area contributed by atoms with E-state index in [1.165, 1.54) is 5.56 Å². The van der Waals surface area contributed by atoms with Crippen molar-refractivity contribution in [3.05, 3.63) is 47.9 Å². The van der Waals surface area contributed by atoms with Gasteiger partial charge in [0, 0.05) is 6.54 Å². The summed E-state index contributed by atoms with van der Waals surface area (Å²) in [6, 6.07) is 9.79. The van der Waals surface area contributed by atoms with Crippen LogP contribution in [0.25, 0.3) is 0 Å². The van der Waals surface area contributed by atoms with Crippen LogP contribution in [0.2, 0.25) is 0 Å². The van der Waals surface area contributed by atoms with E-state index >= 15 is 0 Å². The zero-order valence-corrected chi connectivity index (χ0v) is 11.8. The molecule has 0 spiro atoms. The zero-order valence-electron chi connectivity index (χ0n) is 11.8. The molecule has 0 aliphatic carbocycles. The quantitative estimate of drug-likeness (QED) is 0.896. The maximum Gasteiger partial charge on any atom is 0.231 e. The molecule has 0 unspecified atom stereocenters. The van der Waals surface area contributed by atoms with Gasteiger partial charge >= 0.3 is 0 Å². The van der Waals surface area contributed by atoms with Gasteiger partial charge in [0.1, 0.15) is 5.76 Å². The molecule has 1 aliphatic rings. The molecule has 0 bridgehead atoms. The summed E-state index contributed by atoms with van der Waals surface area (Å²) in [4.78, 5) is 0. The minimum absolute atomic E-state index is 0.346. The molecule has 2 N–H and O–H groups in total. The Hall–Kier alpha value is -1.98. The van der Waals surface area contributed by atoms with Crippen molar-refractivity contribution in [2.75, 3.05) is 20.9 Å². The standard InChI is InChI=1S/C9H11NO2.C6H9NO/c1-10-5-7-2-3-8-9(4-7)12-6-11-8;1-7-5-6-3-2-4-8-6/h2-4,10H,5-6H2,1H3;2-4,7H,5H2,1H3. The number of hydrogen-bond acceptors (Lipinski definition) is 5. The number of rotatable bonds is 4. The summed E-state index contributed by atoms with van der Waals surface area (Å²) in [5.41, 5.74) is 1.21. The molecule has 0 radical (unpaired) electrons. The van der Waals surface area contributed by atoms with Crippen LogP contribution in [0.3, 0.4) is 0 Å². The first kappa shape index (κ1) is 14.4. The minimum atomic E-state index is 0.346. The second kappa shape index (κ2) is 7.57. The number of benzene rings is 1. The first-order chi connectivity index (χ1) is 9.83. The average Bonchev–Trinajstić information content (AvgIpc) is 3.10. The smallest absolute Gasteiger partial charge is 0.231 e. The van der Waals surface area contributed by atoms with Crippen molar-refractivity contribution in [3.8, 4) is 11.5 Å². The lowest BCUT2D eigenvalue weighted by molar-refractivity contribution is 0.174. The van der Waals surface area contributed by atoms with Crippen LogP contribution in [0.1, 0.15) is 11.3 Å². The van der Waals surface area contributed by atoms with Crippen LogP contribution in [0.5, 0.6) is 11.5 Å². The maximum absolute atomic E-state index is 5.24. The maximum atomic E-state index is 5.24. The molecule has 0 saturated heterocycles. The predicted molar refractivity (Wildman–Crippen MR) is 76.8 cm³/mol. The zero-order chi connectivity index (χ0) is 14.2. The molecule has 5 nitrogen and oxygen atoms in total. The van der Waals surface area contributed by atoms with E-state index in [-0.39, 0.29) is 0 Å². The Morgan fingerprint density at radius 3 is 2.50 bits per heavy atom. The summed E-state index contributed by atoms with van der Waals surface area (Å²) < 4.78 is 15.4. The highest BCUT2D eigenvalue weighted by Gasteiger charge is 2.12. The van der Waals surface area contributed by atoms with Crippen molar-refractivity contribution < 1.29 is 13.9 Å². The van der Waals surface area contributed by atoms with E-state index in [9.17, 15) is 0 Å². The van der Waals surface area contributed by atoms with Gasteiger partial charge < -0.3 is 24.5 Å². The number of fused-ring (bicyclic) bond motifs is 1. The van der Waals surface area contributed by atoms with Gasteiger partial charge in [0.2, 0.25) is 6.79 Å². The fourth-order valence-corrected chi connectivity index (χ4v) is 1.84. The third-order valence-corrected chi connectivity index (χ3v) is 2.75. The molecule has 0 fully saturated rings. The SMILES string of the molecule is CNCc1ccc2c(c1)OCO2.CNCc1ccco1. The summed E-state index contributed by atoms with van der Waals surface area (Å²) in [6.07, 6.45) is 1.67. The highest BCUT2D eigenvalue weighted by Crippen LogP contribution is 2.32. The molecule has 5 heteroatoms. The second-order valence-electron chi connectivity index (χ2n) is 4.33. The number of hydrogen-bond donors (Lipinski definition) is 2. The third kappa shape index (κ3) is 4.01. The van der Waals surface area contributed by atoms with Crippen molar-refractivity contribution in [2.45, 2.75) is 13.1 Å². The first-order valence-corrected chi connectivity index (χ1v) is 6.53. The van der Waals surface area contributed by atoms with E-state index in [4.69, 9.17) is 13.9 Å². The Labute approximate surface area is 118 Å². The van der Waals surface area contributed by atoms with E-state index in [2.05, 4.69) is 10.6 Å². The van der Waals surface area contributed by atoms with Gasteiger partial charge in [-0.25, -0.2) is 0 Å². The van der Waals surface area contributed by atoms with Crippen molar-refractivity contribution >= 4 is 0 Å². The predicted octanol–water partition coefficient (Wildman–Crippen LogP) is 2.13. The van der Waals surface area contributed by atoms with Gasteiger partial charge in [0.15, 0.2) is 11.5 Å². The van der Waals surface area contributed by atoms with E-state index in [0.29, 0.717) is 6.79 Å². The van der Waals surface area contributed by atoms with E-state index in [0.717, 1.165) is 30.3 Å². The van der Waals surface area contributed by atoms with Gasteiger partial charge in [-0.2, -0.15) is 0 Å². The topological polar surface area (TPSA) is 55.7 Å². The van der Waals surface area contributed by atoms with Gasteiger partial charge in [-0.05, 0) is 43.9 Å². The molecule has 0 amide bonds. The van der Waals surface area contributed by atoms with Crippen LogP contribution in [-0.4, -0.2) is 20.9 Å². The van der Waals surface area contributed by atoms with Crippen molar-refractivity contribution in [1.82, 2.24) is 10.6 Å². The molecule has 20 heavy (non-hydrogen) atoms. The molecule has 1 aliphatic heterocycles. The molecular weight excluding hydrogens is 256 g/mol. The van der Waals surface area contributed by atoms with Crippen molar-refractivity contribution in [1.29, 1.82) is 0 Å². The molecule has 2 heterocycles. The third-order valence-electron chi connectivity index (χ3n) is 2.75. The monoisotopic (exact) mass is 276 g/mol. The highest BCUT2D eigenvalue weighted by atomic mass is 16.7. The summed E-state index contributed by atoms with van der Waals surface area (Å²) in [6.45, 7) is 2.02. The lowest BCUT2D eigenvalue weighted by Gasteiger charge is -2.00. The van der Waals surface area contributed by atoms with E-state index in [1.807, 2.05) is 44.4 Å². The van der Waals surface area contributed by atoms with Gasteiger partial charge in [-0.1, -0.05) is 6.07 Å². The molecular formula is C15H20N2O3. The largest absolute Gasteiger partial charge is 0.468 e. The Morgan fingerprint density at radius 2 is 1.80 bits per heavy atom. The van der Waals surface area contributed by atoms with Gasteiger partial charge in [0.25, 0.3) is 0 Å². The molecule has 0 atom stereocenters. The normalized spacial score (nSPS) is 11.9. The van der Waals surface area contributed by atoms with Crippen LogP contribution in [0.4, 0.5) is 0 Å². The Kier molecular flexibility index (Phi) is 5.46. The highest BCUT2D eigenvalue weighted by molar-refractivity contribution is 5.44. The number of ether oxygens (including phenoxy) is 2.